The van der Waals surface area contributed by atoms with Crippen LogP contribution in [0.25, 0.3) is 0 Å². The lowest BCUT2D eigenvalue weighted by Crippen LogP contribution is -2.38. The summed E-state index contributed by atoms with van der Waals surface area (Å²) >= 11 is 1.35. The molecule has 2 aliphatic heterocycles. The molecule has 3 rings (SSSR count). The Morgan fingerprint density at radius 3 is 2.77 bits per heavy atom. The minimum Gasteiger partial charge on any atom is -0.463 e. The number of rotatable bonds is 7. The fraction of sp³-hybridized carbons (Fsp3) is 0.381. The number of carbonyl (C=O) groups is 2. The number of ether oxygens (including phenoxy) is 1. The van der Waals surface area contributed by atoms with Crippen LogP contribution in [0.2, 0.25) is 0 Å². The van der Waals surface area contributed by atoms with Crippen molar-refractivity contribution in [3.8, 4) is 0 Å². The molecule has 1 amide bonds. The van der Waals surface area contributed by atoms with Gasteiger partial charge in [-0.25, -0.2) is 9.79 Å². The first-order valence-corrected chi connectivity index (χ1v) is 10.8. The topological polar surface area (TPSA) is 114 Å². The van der Waals surface area contributed by atoms with Crippen molar-refractivity contribution < 1.29 is 19.2 Å². The van der Waals surface area contributed by atoms with Crippen LogP contribution in [0, 0.1) is 10.1 Å². The Balaban J connectivity index is 2.08. The molecule has 0 aromatic heterocycles. The van der Waals surface area contributed by atoms with Gasteiger partial charge in [-0.1, -0.05) is 23.9 Å². The molecule has 1 atom stereocenters. The summed E-state index contributed by atoms with van der Waals surface area (Å²) in [5, 5.41) is 16.6. The number of hydrogen-bond acceptors (Lipinski definition) is 8. The number of nitrogens with zero attached hydrogens (tertiary/aromatic N) is 3. The lowest BCUT2D eigenvalue weighted by Gasteiger charge is -2.36. The molecule has 2 heterocycles. The average Bonchev–Trinajstić information content (AvgIpc) is 3.08. The monoisotopic (exact) mass is 444 g/mol. The highest BCUT2D eigenvalue weighted by Crippen LogP contribution is 2.45. The number of thioether (sulfide) groups is 1. The van der Waals surface area contributed by atoms with Gasteiger partial charge in [0.15, 0.2) is 5.17 Å². The summed E-state index contributed by atoms with van der Waals surface area (Å²) in [6.45, 7) is 7.36. The van der Waals surface area contributed by atoms with Gasteiger partial charge in [-0.15, -0.1) is 0 Å². The first kappa shape index (κ1) is 22.5. The van der Waals surface area contributed by atoms with Gasteiger partial charge in [0.05, 0.1) is 35.3 Å². The lowest BCUT2D eigenvalue weighted by molar-refractivity contribution is -0.384. The number of allylic oxidation sites excluding steroid dienone is 1. The maximum absolute atomic E-state index is 12.9. The third-order valence-corrected chi connectivity index (χ3v) is 5.57. The molecular formula is C21H24N4O5S. The molecule has 0 saturated carbocycles. The second-order valence-electron chi connectivity index (χ2n) is 7.36. The Morgan fingerprint density at radius 1 is 1.39 bits per heavy atom. The molecule has 0 fully saturated rings. The molecular weight excluding hydrogens is 420 g/mol. The van der Waals surface area contributed by atoms with Crippen LogP contribution in [-0.2, 0) is 14.3 Å². The largest absolute Gasteiger partial charge is 0.463 e. The Kier molecular flexibility index (Phi) is 6.79. The summed E-state index contributed by atoms with van der Waals surface area (Å²) in [5.74, 6) is -0.702. The van der Waals surface area contributed by atoms with Gasteiger partial charge in [0.2, 0.25) is 5.91 Å². The third kappa shape index (κ3) is 4.79. The van der Waals surface area contributed by atoms with Crippen molar-refractivity contribution in [1.29, 1.82) is 0 Å². The molecule has 0 radical (unpaired) electrons. The molecule has 0 aliphatic carbocycles. The van der Waals surface area contributed by atoms with E-state index in [0.717, 1.165) is 0 Å². The van der Waals surface area contributed by atoms with E-state index < -0.39 is 16.9 Å². The summed E-state index contributed by atoms with van der Waals surface area (Å²) in [6.07, 6.45) is 0.0881. The standard InChI is InChI=1S/C21H24N4O5S/c1-5-30-20(27)18-13(4)23-21-24(16(11-31-21)10-17(26)22-12(2)3)19(18)14-7-6-8-15(9-14)25(28)29/h6-9,11-12,19H,5,10H2,1-4H3,(H,22,26)/t19-/m0/s1. The fourth-order valence-electron chi connectivity index (χ4n) is 3.50. The second kappa shape index (κ2) is 9.34. The Morgan fingerprint density at radius 2 is 2.13 bits per heavy atom. The van der Waals surface area contributed by atoms with Crippen molar-refractivity contribution in [2.45, 2.75) is 46.2 Å². The van der Waals surface area contributed by atoms with E-state index in [0.29, 0.717) is 27.7 Å². The van der Waals surface area contributed by atoms with E-state index in [-0.39, 0.29) is 30.7 Å². The van der Waals surface area contributed by atoms with Gasteiger partial charge < -0.3 is 15.0 Å². The van der Waals surface area contributed by atoms with E-state index in [1.807, 2.05) is 19.3 Å². The molecule has 1 aromatic carbocycles. The summed E-state index contributed by atoms with van der Waals surface area (Å²) in [7, 11) is 0. The molecule has 9 nitrogen and oxygen atoms in total. The van der Waals surface area contributed by atoms with Gasteiger partial charge in [0.1, 0.15) is 0 Å². The minimum atomic E-state index is -0.695. The van der Waals surface area contributed by atoms with Crippen LogP contribution in [0.1, 0.15) is 45.7 Å². The van der Waals surface area contributed by atoms with Crippen LogP contribution in [-0.4, -0.2) is 39.5 Å². The molecule has 1 aromatic rings. The van der Waals surface area contributed by atoms with E-state index in [2.05, 4.69) is 10.3 Å². The van der Waals surface area contributed by atoms with Gasteiger partial charge in [0, 0.05) is 23.9 Å². The Hall–Kier alpha value is -3.14. The van der Waals surface area contributed by atoms with Gasteiger partial charge in [-0.2, -0.15) is 0 Å². The molecule has 0 bridgehead atoms. The number of hydrogen-bond donors (Lipinski definition) is 1. The molecule has 0 unspecified atom stereocenters. The summed E-state index contributed by atoms with van der Waals surface area (Å²) < 4.78 is 5.27. The molecule has 1 N–H and O–H groups in total. The number of carbonyl (C=O) groups excluding carboxylic acids is 2. The number of amides is 1. The minimum absolute atomic E-state index is 0.0125. The van der Waals surface area contributed by atoms with Crippen LogP contribution >= 0.6 is 11.8 Å². The summed E-state index contributed by atoms with van der Waals surface area (Å²) in [4.78, 5) is 42.5. The first-order valence-electron chi connectivity index (χ1n) is 9.88. The summed E-state index contributed by atoms with van der Waals surface area (Å²) in [5.41, 5.74) is 1.89. The van der Waals surface area contributed by atoms with E-state index in [9.17, 15) is 19.7 Å². The molecule has 0 saturated heterocycles. The second-order valence-corrected chi connectivity index (χ2v) is 8.20. The van der Waals surface area contributed by atoms with Crippen molar-refractivity contribution in [2.75, 3.05) is 6.61 Å². The number of aliphatic imine (C=N–C) groups is 1. The fourth-order valence-corrected chi connectivity index (χ4v) is 4.47. The van der Waals surface area contributed by atoms with Crippen molar-refractivity contribution in [2.24, 2.45) is 4.99 Å². The van der Waals surface area contributed by atoms with Crippen LogP contribution in [0.4, 0.5) is 5.69 Å². The highest BCUT2D eigenvalue weighted by Gasteiger charge is 2.41. The summed E-state index contributed by atoms with van der Waals surface area (Å²) in [6, 6.07) is 5.43. The quantitative estimate of drug-likeness (QED) is 0.388. The zero-order chi connectivity index (χ0) is 22.7. The van der Waals surface area contributed by atoms with Crippen molar-refractivity contribution >= 4 is 34.5 Å². The van der Waals surface area contributed by atoms with Crippen molar-refractivity contribution in [3.05, 3.63) is 62.3 Å². The normalized spacial score (nSPS) is 17.8. The number of esters is 1. The molecule has 2 aliphatic rings. The van der Waals surface area contributed by atoms with E-state index >= 15 is 0 Å². The van der Waals surface area contributed by atoms with E-state index in [1.54, 1.807) is 30.9 Å². The van der Waals surface area contributed by atoms with Crippen LogP contribution in [0.5, 0.6) is 0 Å². The third-order valence-electron chi connectivity index (χ3n) is 4.68. The smallest absolute Gasteiger partial charge is 0.338 e. The maximum atomic E-state index is 12.9. The highest BCUT2D eigenvalue weighted by atomic mass is 32.2. The van der Waals surface area contributed by atoms with Gasteiger partial charge in [-0.05, 0) is 38.7 Å². The molecule has 10 heteroatoms. The molecule has 0 spiro atoms. The lowest BCUT2D eigenvalue weighted by atomic mass is 9.93. The van der Waals surface area contributed by atoms with E-state index in [1.165, 1.54) is 23.9 Å². The predicted molar refractivity (Wildman–Crippen MR) is 118 cm³/mol. The number of nitro benzene ring substituents is 1. The van der Waals surface area contributed by atoms with Crippen LogP contribution in [0.15, 0.2) is 51.6 Å². The Bertz CT molecular complexity index is 1010. The number of amidine groups is 1. The highest BCUT2D eigenvalue weighted by molar-refractivity contribution is 8.16. The van der Waals surface area contributed by atoms with Gasteiger partial charge in [0.25, 0.3) is 5.69 Å². The number of fused-ring (bicyclic) bond motifs is 1. The number of non-ortho nitro benzene ring substituents is 1. The van der Waals surface area contributed by atoms with Crippen LogP contribution in [0.3, 0.4) is 0 Å². The zero-order valence-electron chi connectivity index (χ0n) is 17.7. The average molecular weight is 445 g/mol. The molecule has 31 heavy (non-hydrogen) atoms. The van der Waals surface area contributed by atoms with E-state index in [4.69, 9.17) is 4.74 Å². The number of benzene rings is 1. The van der Waals surface area contributed by atoms with Crippen molar-refractivity contribution in [3.63, 3.8) is 0 Å². The van der Waals surface area contributed by atoms with Gasteiger partial charge in [-0.3, -0.25) is 14.9 Å². The zero-order valence-corrected chi connectivity index (χ0v) is 18.6. The van der Waals surface area contributed by atoms with Crippen molar-refractivity contribution in [1.82, 2.24) is 10.2 Å². The number of nitrogens with one attached hydrogen (secondary N) is 1. The SMILES string of the molecule is CCOC(=O)C1=C(C)N=C2SC=C(CC(=O)NC(C)C)N2[C@H]1c1cccc([N+](=O)[O-])c1. The maximum Gasteiger partial charge on any atom is 0.338 e. The molecule has 164 valence electrons. The van der Waals surface area contributed by atoms with Crippen LogP contribution < -0.4 is 5.32 Å². The number of nitro groups is 1. The predicted octanol–water partition coefficient (Wildman–Crippen LogP) is 3.65. The Labute approximate surface area is 184 Å². The van der Waals surface area contributed by atoms with Gasteiger partial charge >= 0.3 is 5.97 Å². The first-order chi connectivity index (χ1) is 14.7.